The number of benzene rings is 1. The molecule has 1 fully saturated rings. The predicted octanol–water partition coefficient (Wildman–Crippen LogP) is 2.08. The lowest BCUT2D eigenvalue weighted by atomic mass is 10.2. The van der Waals surface area contributed by atoms with E-state index in [2.05, 4.69) is 15.2 Å². The van der Waals surface area contributed by atoms with E-state index >= 15 is 0 Å². The molecule has 4 rings (SSSR count). The number of nitrogens with one attached hydrogen (secondary N) is 1. The zero-order chi connectivity index (χ0) is 18.1. The van der Waals surface area contributed by atoms with Crippen molar-refractivity contribution in [2.24, 2.45) is 7.05 Å². The number of nitrogens with zero attached hydrogens (tertiary/aromatic N) is 3. The van der Waals surface area contributed by atoms with Gasteiger partial charge in [-0.15, -0.1) is 0 Å². The minimum absolute atomic E-state index is 0.217. The van der Waals surface area contributed by atoms with Crippen molar-refractivity contribution in [3.8, 4) is 0 Å². The Bertz CT molecular complexity index is 1020. The van der Waals surface area contributed by atoms with Gasteiger partial charge in [0.2, 0.25) is 0 Å². The molecule has 3 heterocycles. The van der Waals surface area contributed by atoms with E-state index in [1.807, 2.05) is 18.2 Å². The van der Waals surface area contributed by atoms with Crippen molar-refractivity contribution in [3.63, 3.8) is 0 Å². The minimum atomic E-state index is -0.306. The summed E-state index contributed by atoms with van der Waals surface area (Å²) < 4.78 is 7.81. The summed E-state index contributed by atoms with van der Waals surface area (Å²) in [5, 5.41) is 3.81. The zero-order valence-electron chi connectivity index (χ0n) is 14.3. The standard InChI is InChI=1S/C18H18N4O3S/c1-21-5-4-12(10-16(21)23)17(24)19-13-2-3-14-15(11-13)26-18(20-14)22-6-8-25-9-7-22/h2-5,10-11H,6-9H2,1H3,(H,19,24). The van der Waals surface area contributed by atoms with Crippen molar-refractivity contribution in [1.82, 2.24) is 9.55 Å². The fraction of sp³-hybridized carbons (Fsp3) is 0.278. The highest BCUT2D eigenvalue weighted by Crippen LogP contribution is 2.31. The van der Waals surface area contributed by atoms with Gasteiger partial charge in [-0.1, -0.05) is 11.3 Å². The summed E-state index contributed by atoms with van der Waals surface area (Å²) in [5.74, 6) is -0.306. The van der Waals surface area contributed by atoms with Gasteiger partial charge in [0.1, 0.15) is 0 Å². The normalized spacial score (nSPS) is 14.6. The molecule has 1 aliphatic heterocycles. The first kappa shape index (κ1) is 16.7. The fourth-order valence-corrected chi connectivity index (χ4v) is 3.83. The molecule has 2 aromatic heterocycles. The van der Waals surface area contributed by atoms with Crippen molar-refractivity contribution in [3.05, 3.63) is 52.4 Å². The molecule has 7 nitrogen and oxygen atoms in total. The molecule has 0 radical (unpaired) electrons. The van der Waals surface area contributed by atoms with Crippen LogP contribution < -0.4 is 15.8 Å². The smallest absolute Gasteiger partial charge is 0.255 e. The molecular formula is C18H18N4O3S. The first-order valence-corrected chi connectivity index (χ1v) is 9.13. The van der Waals surface area contributed by atoms with Gasteiger partial charge in [0.15, 0.2) is 5.13 Å². The molecule has 134 valence electrons. The van der Waals surface area contributed by atoms with E-state index in [9.17, 15) is 9.59 Å². The number of fused-ring (bicyclic) bond motifs is 1. The Labute approximate surface area is 153 Å². The third-order valence-corrected chi connectivity index (χ3v) is 5.36. The van der Waals surface area contributed by atoms with Gasteiger partial charge in [-0.25, -0.2) is 4.98 Å². The summed E-state index contributed by atoms with van der Waals surface area (Å²) in [6.45, 7) is 3.11. The van der Waals surface area contributed by atoms with Crippen LogP contribution in [0.2, 0.25) is 0 Å². The SMILES string of the molecule is Cn1ccc(C(=O)Nc2ccc3nc(N4CCOCC4)sc3c2)cc1=O. The number of carbonyl (C=O) groups is 1. The Balaban J connectivity index is 1.55. The summed E-state index contributed by atoms with van der Waals surface area (Å²) in [5.41, 5.74) is 1.71. The minimum Gasteiger partial charge on any atom is -0.378 e. The average Bonchev–Trinajstić information content (AvgIpc) is 3.08. The van der Waals surface area contributed by atoms with Crippen LogP contribution in [0.1, 0.15) is 10.4 Å². The fourth-order valence-electron chi connectivity index (χ4n) is 2.77. The lowest BCUT2D eigenvalue weighted by molar-refractivity contribution is 0.102. The molecule has 8 heteroatoms. The summed E-state index contributed by atoms with van der Waals surface area (Å²) in [4.78, 5) is 30.9. The van der Waals surface area contributed by atoms with Crippen LogP contribution in [-0.2, 0) is 11.8 Å². The first-order chi connectivity index (χ1) is 12.6. The third-order valence-electron chi connectivity index (χ3n) is 4.28. The molecular weight excluding hydrogens is 352 g/mol. The van der Waals surface area contributed by atoms with Crippen molar-refractivity contribution in [1.29, 1.82) is 0 Å². The van der Waals surface area contributed by atoms with E-state index in [1.54, 1.807) is 30.6 Å². The molecule has 1 aliphatic rings. The van der Waals surface area contributed by atoms with Crippen LogP contribution in [0.5, 0.6) is 0 Å². The largest absolute Gasteiger partial charge is 0.378 e. The molecule has 0 atom stereocenters. The summed E-state index contributed by atoms with van der Waals surface area (Å²) >= 11 is 1.60. The molecule has 0 unspecified atom stereocenters. The van der Waals surface area contributed by atoms with Crippen molar-refractivity contribution in [2.75, 3.05) is 36.5 Å². The molecule has 3 aromatic rings. The van der Waals surface area contributed by atoms with Crippen LogP contribution in [-0.4, -0.2) is 41.8 Å². The molecule has 1 saturated heterocycles. The van der Waals surface area contributed by atoms with Gasteiger partial charge in [0.25, 0.3) is 11.5 Å². The molecule has 1 aromatic carbocycles. The number of morpholine rings is 1. The van der Waals surface area contributed by atoms with Crippen LogP contribution >= 0.6 is 11.3 Å². The molecule has 26 heavy (non-hydrogen) atoms. The Morgan fingerprint density at radius 1 is 1.23 bits per heavy atom. The van der Waals surface area contributed by atoms with Crippen LogP contribution in [0, 0.1) is 0 Å². The van der Waals surface area contributed by atoms with Crippen molar-refractivity contribution >= 4 is 38.3 Å². The number of rotatable bonds is 3. The average molecular weight is 370 g/mol. The second kappa shape index (κ2) is 6.89. The number of carbonyl (C=O) groups excluding carboxylic acids is 1. The maximum atomic E-state index is 12.4. The maximum absolute atomic E-state index is 12.4. The topological polar surface area (TPSA) is 76.5 Å². The number of aryl methyl sites for hydroxylation is 1. The molecule has 1 N–H and O–H groups in total. The zero-order valence-corrected chi connectivity index (χ0v) is 15.1. The maximum Gasteiger partial charge on any atom is 0.255 e. The summed E-state index contributed by atoms with van der Waals surface area (Å²) in [6, 6.07) is 8.59. The number of anilines is 2. The van der Waals surface area contributed by atoms with E-state index in [-0.39, 0.29) is 11.5 Å². The van der Waals surface area contributed by atoms with Crippen LogP contribution in [0.4, 0.5) is 10.8 Å². The Hall–Kier alpha value is -2.71. The number of thiazole rings is 1. The Morgan fingerprint density at radius 2 is 2.04 bits per heavy atom. The van der Waals surface area contributed by atoms with Crippen LogP contribution in [0.3, 0.4) is 0 Å². The van der Waals surface area contributed by atoms with Crippen LogP contribution in [0.25, 0.3) is 10.2 Å². The van der Waals surface area contributed by atoms with Gasteiger partial charge in [-0.2, -0.15) is 0 Å². The molecule has 0 aliphatic carbocycles. The first-order valence-electron chi connectivity index (χ1n) is 8.31. The molecule has 0 saturated carbocycles. The van der Waals surface area contributed by atoms with E-state index in [0.29, 0.717) is 24.5 Å². The number of hydrogen-bond acceptors (Lipinski definition) is 6. The third kappa shape index (κ3) is 3.33. The number of pyridine rings is 1. The molecule has 0 bridgehead atoms. The second-order valence-corrected chi connectivity index (χ2v) is 7.11. The van der Waals surface area contributed by atoms with Gasteiger partial charge >= 0.3 is 0 Å². The van der Waals surface area contributed by atoms with Crippen molar-refractivity contribution < 1.29 is 9.53 Å². The Morgan fingerprint density at radius 3 is 2.81 bits per heavy atom. The quantitative estimate of drug-likeness (QED) is 0.764. The number of amides is 1. The molecule has 0 spiro atoms. The number of aromatic nitrogens is 2. The second-order valence-electron chi connectivity index (χ2n) is 6.10. The highest BCUT2D eigenvalue weighted by atomic mass is 32.1. The van der Waals surface area contributed by atoms with Crippen molar-refractivity contribution in [2.45, 2.75) is 0 Å². The van der Waals surface area contributed by atoms with E-state index in [4.69, 9.17) is 4.74 Å². The highest BCUT2D eigenvalue weighted by molar-refractivity contribution is 7.22. The lowest BCUT2D eigenvalue weighted by Gasteiger charge is -2.25. The van der Waals surface area contributed by atoms with Gasteiger partial charge < -0.3 is 19.5 Å². The van der Waals surface area contributed by atoms with Gasteiger partial charge in [-0.05, 0) is 24.3 Å². The predicted molar refractivity (Wildman–Crippen MR) is 102 cm³/mol. The van der Waals surface area contributed by atoms with E-state index in [0.717, 1.165) is 28.4 Å². The van der Waals surface area contributed by atoms with Gasteiger partial charge in [-0.3, -0.25) is 9.59 Å². The summed E-state index contributed by atoms with van der Waals surface area (Å²) in [7, 11) is 1.65. The van der Waals surface area contributed by atoms with Gasteiger partial charge in [0, 0.05) is 43.7 Å². The van der Waals surface area contributed by atoms with E-state index in [1.165, 1.54) is 10.6 Å². The van der Waals surface area contributed by atoms with Crippen LogP contribution in [0.15, 0.2) is 41.3 Å². The lowest BCUT2D eigenvalue weighted by Crippen LogP contribution is -2.36. The van der Waals surface area contributed by atoms with E-state index < -0.39 is 0 Å². The monoisotopic (exact) mass is 370 g/mol. The Kier molecular flexibility index (Phi) is 4.44. The number of ether oxygens (including phenoxy) is 1. The highest BCUT2D eigenvalue weighted by Gasteiger charge is 2.16. The van der Waals surface area contributed by atoms with Gasteiger partial charge in [0.05, 0.1) is 23.4 Å². The number of hydrogen-bond donors (Lipinski definition) is 1. The molecule has 1 amide bonds. The summed E-state index contributed by atoms with van der Waals surface area (Å²) in [6.07, 6.45) is 1.58.